The molecule has 0 fully saturated rings. The summed E-state index contributed by atoms with van der Waals surface area (Å²) in [5, 5.41) is 3.04. The molecule has 4 heteroatoms. The van der Waals surface area contributed by atoms with E-state index in [1.807, 2.05) is 30.3 Å². The first-order valence-corrected chi connectivity index (χ1v) is 5.67. The number of benzene rings is 1. The molecule has 1 aromatic carbocycles. The Balaban J connectivity index is 1.73. The first-order valence-electron chi connectivity index (χ1n) is 5.67. The van der Waals surface area contributed by atoms with Crippen LogP contribution in [0.5, 0.6) is 0 Å². The number of hydrogen-bond acceptors (Lipinski definition) is 4. The Morgan fingerprint density at radius 3 is 2.78 bits per heavy atom. The first kappa shape index (κ1) is 12.3. The topological polar surface area (TPSA) is 47.0 Å². The summed E-state index contributed by atoms with van der Waals surface area (Å²) >= 11 is 0. The van der Waals surface area contributed by atoms with Crippen molar-refractivity contribution in [2.45, 2.75) is 6.61 Å². The van der Waals surface area contributed by atoms with Crippen LogP contribution in [0.1, 0.15) is 5.56 Å². The van der Waals surface area contributed by atoms with Gasteiger partial charge in [-0.05, 0) is 5.56 Å². The summed E-state index contributed by atoms with van der Waals surface area (Å²) < 4.78 is 5.54. The molecule has 0 unspecified atom stereocenters. The maximum atomic E-state index is 5.54. The average molecular weight is 241 g/mol. The van der Waals surface area contributed by atoms with Gasteiger partial charge in [-0.1, -0.05) is 36.9 Å². The Labute approximate surface area is 106 Å². The highest BCUT2D eigenvalue weighted by Crippen LogP contribution is 2.05. The van der Waals surface area contributed by atoms with E-state index in [2.05, 4.69) is 21.9 Å². The molecule has 1 heterocycles. The molecule has 1 N–H and O–H groups in total. The highest BCUT2D eigenvalue weighted by atomic mass is 16.5. The van der Waals surface area contributed by atoms with Crippen LogP contribution in [0, 0.1) is 0 Å². The van der Waals surface area contributed by atoms with E-state index in [1.165, 1.54) is 0 Å². The van der Waals surface area contributed by atoms with E-state index in [0.29, 0.717) is 19.0 Å². The van der Waals surface area contributed by atoms with Gasteiger partial charge in [0.15, 0.2) is 0 Å². The summed E-state index contributed by atoms with van der Waals surface area (Å²) in [6.45, 7) is 4.88. The fraction of sp³-hybridized carbons (Fsp3) is 0.143. The van der Waals surface area contributed by atoms with Gasteiger partial charge in [0.05, 0.1) is 19.4 Å². The van der Waals surface area contributed by atoms with Crippen LogP contribution in [0.3, 0.4) is 0 Å². The molecule has 1 aromatic heterocycles. The van der Waals surface area contributed by atoms with Gasteiger partial charge in [-0.15, -0.1) is 0 Å². The van der Waals surface area contributed by atoms with Crippen LogP contribution >= 0.6 is 0 Å². The van der Waals surface area contributed by atoms with Crippen molar-refractivity contribution >= 4 is 5.82 Å². The van der Waals surface area contributed by atoms with Gasteiger partial charge in [-0.2, -0.15) is 0 Å². The van der Waals surface area contributed by atoms with Crippen molar-refractivity contribution < 1.29 is 4.74 Å². The largest absolute Gasteiger partial charge is 0.371 e. The van der Waals surface area contributed by atoms with Crippen molar-refractivity contribution in [2.24, 2.45) is 0 Å². The zero-order chi connectivity index (χ0) is 12.6. The maximum Gasteiger partial charge on any atom is 0.148 e. The van der Waals surface area contributed by atoms with Gasteiger partial charge < -0.3 is 10.1 Å². The normalized spacial score (nSPS) is 10.0. The summed E-state index contributed by atoms with van der Waals surface area (Å²) in [6.07, 6.45) is 4.89. The van der Waals surface area contributed by atoms with Crippen LogP contribution in [0.4, 0.5) is 5.82 Å². The van der Waals surface area contributed by atoms with Crippen molar-refractivity contribution in [1.82, 2.24) is 9.97 Å². The molecular weight excluding hydrogens is 226 g/mol. The third-order valence-corrected chi connectivity index (χ3v) is 2.26. The smallest absolute Gasteiger partial charge is 0.148 e. The highest BCUT2D eigenvalue weighted by Gasteiger charge is 1.97. The minimum Gasteiger partial charge on any atom is -0.371 e. The minimum absolute atomic E-state index is 0.436. The molecule has 0 aliphatic heterocycles. The Morgan fingerprint density at radius 2 is 2.06 bits per heavy atom. The van der Waals surface area contributed by atoms with E-state index in [9.17, 15) is 0 Å². The maximum absolute atomic E-state index is 5.54. The van der Waals surface area contributed by atoms with E-state index in [0.717, 1.165) is 11.3 Å². The average Bonchev–Trinajstić information content (AvgIpc) is 2.41. The van der Waals surface area contributed by atoms with Gasteiger partial charge in [-0.25, -0.2) is 4.98 Å². The molecule has 0 saturated carbocycles. The van der Waals surface area contributed by atoms with Crippen molar-refractivity contribution in [2.75, 3.05) is 11.9 Å². The zero-order valence-corrected chi connectivity index (χ0v) is 10.0. The lowest BCUT2D eigenvalue weighted by molar-refractivity contribution is 0.143. The summed E-state index contributed by atoms with van der Waals surface area (Å²) in [7, 11) is 0. The van der Waals surface area contributed by atoms with E-state index < -0.39 is 0 Å². The Hall–Kier alpha value is -2.20. The molecule has 0 aliphatic carbocycles. The molecule has 2 aromatic rings. The zero-order valence-electron chi connectivity index (χ0n) is 10.0. The lowest BCUT2D eigenvalue weighted by Gasteiger charge is -2.09. The standard InChI is InChI=1S/C14H15N3O/c1-12(17-14-9-15-7-8-16-14)10-18-11-13-5-3-2-4-6-13/h2-9H,1,10-11H2,(H,16,17). The van der Waals surface area contributed by atoms with Crippen molar-refractivity contribution in [1.29, 1.82) is 0 Å². The Morgan fingerprint density at radius 1 is 1.22 bits per heavy atom. The van der Waals surface area contributed by atoms with Crippen LogP contribution in [-0.4, -0.2) is 16.6 Å². The van der Waals surface area contributed by atoms with Crippen LogP contribution in [0.15, 0.2) is 61.2 Å². The van der Waals surface area contributed by atoms with Gasteiger partial charge in [-0.3, -0.25) is 4.98 Å². The molecule has 0 saturated heterocycles. The molecular formula is C14H15N3O. The fourth-order valence-corrected chi connectivity index (χ4v) is 1.45. The van der Waals surface area contributed by atoms with Crippen LogP contribution in [0.25, 0.3) is 0 Å². The molecule has 2 rings (SSSR count). The summed E-state index contributed by atoms with van der Waals surface area (Å²) in [6, 6.07) is 10.0. The SMILES string of the molecule is C=C(COCc1ccccc1)Nc1cnccn1. The molecule has 0 spiro atoms. The highest BCUT2D eigenvalue weighted by molar-refractivity contribution is 5.37. The molecule has 0 amide bonds. The summed E-state index contributed by atoms with van der Waals surface area (Å²) in [5.41, 5.74) is 1.90. The Bertz CT molecular complexity index is 485. The van der Waals surface area contributed by atoms with Crippen molar-refractivity contribution in [3.8, 4) is 0 Å². The first-order chi connectivity index (χ1) is 8.84. The van der Waals surface area contributed by atoms with Crippen LogP contribution in [-0.2, 0) is 11.3 Å². The molecule has 92 valence electrons. The third-order valence-electron chi connectivity index (χ3n) is 2.26. The summed E-state index contributed by atoms with van der Waals surface area (Å²) in [5.74, 6) is 0.672. The molecule has 0 radical (unpaired) electrons. The molecule has 0 aliphatic rings. The number of ether oxygens (including phenoxy) is 1. The van der Waals surface area contributed by atoms with Gasteiger partial charge in [0, 0.05) is 18.1 Å². The molecule has 0 atom stereocenters. The fourth-order valence-electron chi connectivity index (χ4n) is 1.45. The monoisotopic (exact) mass is 241 g/mol. The van der Waals surface area contributed by atoms with Gasteiger partial charge in [0.1, 0.15) is 5.82 Å². The van der Waals surface area contributed by atoms with Crippen LogP contribution < -0.4 is 5.32 Å². The van der Waals surface area contributed by atoms with Gasteiger partial charge in [0.25, 0.3) is 0 Å². The predicted octanol–water partition coefficient (Wildman–Crippen LogP) is 2.62. The second-order valence-electron chi connectivity index (χ2n) is 3.80. The van der Waals surface area contributed by atoms with E-state index in [-0.39, 0.29) is 0 Å². The molecule has 18 heavy (non-hydrogen) atoms. The lowest BCUT2D eigenvalue weighted by atomic mass is 10.2. The Kier molecular flexibility index (Phi) is 4.44. The van der Waals surface area contributed by atoms with Crippen LogP contribution in [0.2, 0.25) is 0 Å². The van der Waals surface area contributed by atoms with Gasteiger partial charge in [0.2, 0.25) is 0 Å². The van der Waals surface area contributed by atoms with E-state index >= 15 is 0 Å². The second-order valence-corrected chi connectivity index (χ2v) is 3.80. The molecule has 4 nitrogen and oxygen atoms in total. The number of anilines is 1. The minimum atomic E-state index is 0.436. The van der Waals surface area contributed by atoms with Crippen molar-refractivity contribution in [3.05, 3.63) is 66.8 Å². The summed E-state index contributed by atoms with van der Waals surface area (Å²) in [4.78, 5) is 8.05. The molecule has 0 bridgehead atoms. The predicted molar refractivity (Wildman–Crippen MR) is 70.9 cm³/mol. The van der Waals surface area contributed by atoms with E-state index in [4.69, 9.17) is 4.74 Å². The number of aromatic nitrogens is 2. The lowest BCUT2D eigenvalue weighted by Crippen LogP contribution is -2.07. The number of rotatable bonds is 6. The van der Waals surface area contributed by atoms with Gasteiger partial charge >= 0.3 is 0 Å². The van der Waals surface area contributed by atoms with Crippen molar-refractivity contribution in [3.63, 3.8) is 0 Å². The second kappa shape index (κ2) is 6.51. The van der Waals surface area contributed by atoms with E-state index in [1.54, 1.807) is 18.6 Å². The quantitative estimate of drug-likeness (QED) is 0.844. The number of nitrogens with one attached hydrogen (secondary N) is 1. The third kappa shape index (κ3) is 3.99. The number of hydrogen-bond donors (Lipinski definition) is 1. The number of nitrogens with zero attached hydrogens (tertiary/aromatic N) is 2.